The maximum atomic E-state index is 13.1. The highest BCUT2D eigenvalue weighted by atomic mass is 19.4. The molecule has 3 aromatic rings. The highest BCUT2D eigenvalue weighted by molar-refractivity contribution is 5.93. The summed E-state index contributed by atoms with van der Waals surface area (Å²) in [6, 6.07) is 9.99. The number of amides is 2. The topological polar surface area (TPSA) is 105 Å². The van der Waals surface area contributed by atoms with E-state index in [0.29, 0.717) is 62.9 Å². The number of ether oxygens (including phenoxy) is 1. The van der Waals surface area contributed by atoms with E-state index >= 15 is 0 Å². The number of nitrogens with zero attached hydrogens (tertiary/aromatic N) is 6. The van der Waals surface area contributed by atoms with Gasteiger partial charge in [0.25, 0.3) is 11.8 Å². The van der Waals surface area contributed by atoms with Gasteiger partial charge >= 0.3 is 6.18 Å². The third-order valence-corrected chi connectivity index (χ3v) is 6.30. The van der Waals surface area contributed by atoms with Crippen LogP contribution in [0.25, 0.3) is 0 Å². The van der Waals surface area contributed by atoms with Gasteiger partial charge in [0, 0.05) is 45.5 Å². The highest BCUT2D eigenvalue weighted by Gasteiger charge is 2.29. The van der Waals surface area contributed by atoms with Crippen molar-refractivity contribution in [1.82, 2.24) is 35.1 Å². The van der Waals surface area contributed by atoms with Crippen LogP contribution in [0.15, 0.2) is 42.6 Å². The van der Waals surface area contributed by atoms with Gasteiger partial charge in [0.1, 0.15) is 11.4 Å². The number of alkyl halides is 3. The average molecular weight is 546 g/mol. The molecule has 0 spiro atoms. The van der Waals surface area contributed by atoms with E-state index < -0.39 is 12.8 Å². The van der Waals surface area contributed by atoms with Gasteiger partial charge in [-0.05, 0) is 43.2 Å². The van der Waals surface area contributed by atoms with Gasteiger partial charge in [-0.25, -0.2) is 4.68 Å². The van der Waals surface area contributed by atoms with Crippen molar-refractivity contribution in [1.29, 1.82) is 0 Å². The SMILES string of the molecule is CCNC(=O)c1ccc(Cn2nnc(C(=O)N3CCN(Cc4ccc(OCC(F)(F)F)cc4)CC3)c2C)cn1. The number of hydrogen-bond acceptors (Lipinski definition) is 7. The fourth-order valence-electron chi connectivity index (χ4n) is 4.16. The van der Waals surface area contributed by atoms with Crippen LogP contribution in [0.2, 0.25) is 0 Å². The van der Waals surface area contributed by atoms with Crippen LogP contribution in [0.1, 0.15) is 44.7 Å². The summed E-state index contributed by atoms with van der Waals surface area (Å²) in [5, 5.41) is 11.0. The number of benzene rings is 1. The summed E-state index contributed by atoms with van der Waals surface area (Å²) in [7, 11) is 0. The Morgan fingerprint density at radius 3 is 2.31 bits per heavy atom. The molecule has 0 aliphatic carbocycles. The second kappa shape index (κ2) is 12.2. The van der Waals surface area contributed by atoms with Gasteiger partial charge in [-0.2, -0.15) is 13.2 Å². The van der Waals surface area contributed by atoms with E-state index in [0.717, 1.165) is 11.1 Å². The molecule has 0 radical (unpaired) electrons. The Morgan fingerprint density at radius 1 is 1.00 bits per heavy atom. The Bertz CT molecular complexity index is 1270. The van der Waals surface area contributed by atoms with Gasteiger partial charge in [-0.1, -0.05) is 23.4 Å². The largest absolute Gasteiger partial charge is 0.484 e. The lowest BCUT2D eigenvalue weighted by Gasteiger charge is -2.34. The van der Waals surface area contributed by atoms with Gasteiger partial charge in [-0.15, -0.1) is 5.10 Å². The van der Waals surface area contributed by atoms with Crippen LogP contribution >= 0.6 is 0 Å². The van der Waals surface area contributed by atoms with Crippen molar-refractivity contribution < 1.29 is 27.5 Å². The first-order valence-electron chi connectivity index (χ1n) is 12.6. The van der Waals surface area contributed by atoms with Crippen LogP contribution in [-0.4, -0.2) is 87.1 Å². The van der Waals surface area contributed by atoms with Gasteiger partial charge < -0.3 is 15.0 Å². The van der Waals surface area contributed by atoms with Crippen molar-refractivity contribution in [3.8, 4) is 5.75 Å². The van der Waals surface area contributed by atoms with Gasteiger partial charge in [-0.3, -0.25) is 19.5 Å². The Morgan fingerprint density at radius 2 is 1.69 bits per heavy atom. The van der Waals surface area contributed by atoms with Gasteiger partial charge in [0.15, 0.2) is 12.3 Å². The second-order valence-electron chi connectivity index (χ2n) is 9.21. The molecule has 1 fully saturated rings. The molecule has 13 heteroatoms. The first-order valence-corrected chi connectivity index (χ1v) is 12.6. The number of pyridine rings is 1. The molecule has 208 valence electrons. The Labute approximate surface area is 223 Å². The van der Waals surface area contributed by atoms with Crippen LogP contribution in [0, 0.1) is 6.92 Å². The standard InChI is InChI=1S/C26H30F3N7O3/c1-3-30-24(37)22-9-6-20(14-31-22)16-36-18(2)23(32-33-36)25(38)35-12-10-34(11-13-35)15-19-4-7-21(8-5-19)39-17-26(27,28)29/h4-9,14H,3,10-13,15-17H2,1-2H3,(H,30,37). The van der Waals surface area contributed by atoms with Crippen molar-refractivity contribution in [3.63, 3.8) is 0 Å². The predicted octanol–water partition coefficient (Wildman–Crippen LogP) is 2.68. The molecule has 1 N–H and O–H groups in total. The summed E-state index contributed by atoms with van der Waals surface area (Å²) in [6.07, 6.45) is -2.77. The van der Waals surface area contributed by atoms with Crippen LogP contribution in [0.4, 0.5) is 13.2 Å². The fourth-order valence-corrected chi connectivity index (χ4v) is 4.16. The molecule has 1 saturated heterocycles. The number of aromatic nitrogens is 4. The molecule has 4 rings (SSSR count). The Kier molecular flexibility index (Phi) is 8.79. The predicted molar refractivity (Wildman–Crippen MR) is 135 cm³/mol. The van der Waals surface area contributed by atoms with E-state index in [1.807, 2.05) is 6.92 Å². The first kappa shape index (κ1) is 28.0. The number of hydrogen-bond donors (Lipinski definition) is 1. The van der Waals surface area contributed by atoms with E-state index in [-0.39, 0.29) is 17.6 Å². The zero-order valence-corrected chi connectivity index (χ0v) is 21.7. The molecule has 1 aliphatic heterocycles. The Hall–Kier alpha value is -4.00. The summed E-state index contributed by atoms with van der Waals surface area (Å²) >= 11 is 0. The van der Waals surface area contributed by atoms with E-state index in [1.54, 1.807) is 47.0 Å². The molecule has 0 saturated carbocycles. The molecule has 2 aromatic heterocycles. The average Bonchev–Trinajstić information content (AvgIpc) is 3.28. The molecule has 1 aromatic carbocycles. The zero-order valence-electron chi connectivity index (χ0n) is 21.7. The molecule has 2 amide bonds. The van der Waals surface area contributed by atoms with Crippen LogP contribution in [0.3, 0.4) is 0 Å². The number of rotatable bonds is 9. The normalized spacial score (nSPS) is 14.3. The van der Waals surface area contributed by atoms with Crippen LogP contribution < -0.4 is 10.1 Å². The van der Waals surface area contributed by atoms with Gasteiger partial charge in [0.2, 0.25) is 0 Å². The minimum atomic E-state index is -4.37. The lowest BCUT2D eigenvalue weighted by molar-refractivity contribution is -0.153. The molecule has 3 heterocycles. The highest BCUT2D eigenvalue weighted by Crippen LogP contribution is 2.20. The van der Waals surface area contributed by atoms with E-state index in [4.69, 9.17) is 4.74 Å². The monoisotopic (exact) mass is 545 g/mol. The van der Waals surface area contributed by atoms with Crippen molar-refractivity contribution >= 4 is 11.8 Å². The lowest BCUT2D eigenvalue weighted by Crippen LogP contribution is -2.48. The lowest BCUT2D eigenvalue weighted by atomic mass is 10.2. The van der Waals surface area contributed by atoms with Crippen molar-refractivity contribution in [3.05, 3.63) is 70.8 Å². The minimum Gasteiger partial charge on any atom is -0.484 e. The second-order valence-corrected chi connectivity index (χ2v) is 9.21. The molecule has 39 heavy (non-hydrogen) atoms. The third kappa shape index (κ3) is 7.53. The van der Waals surface area contributed by atoms with E-state index in [2.05, 4.69) is 25.5 Å². The van der Waals surface area contributed by atoms with Crippen molar-refractivity contribution in [2.24, 2.45) is 0 Å². The summed E-state index contributed by atoms with van der Waals surface area (Å²) in [5.74, 6) is -0.252. The van der Waals surface area contributed by atoms with Crippen LogP contribution in [0.5, 0.6) is 5.75 Å². The van der Waals surface area contributed by atoms with Crippen molar-refractivity contribution in [2.75, 3.05) is 39.3 Å². The van der Waals surface area contributed by atoms with E-state index in [9.17, 15) is 22.8 Å². The molecule has 10 nitrogen and oxygen atoms in total. The van der Waals surface area contributed by atoms with Crippen LogP contribution in [-0.2, 0) is 13.1 Å². The van der Waals surface area contributed by atoms with E-state index in [1.165, 1.54) is 12.1 Å². The molecule has 1 aliphatic rings. The smallest absolute Gasteiger partial charge is 0.422 e. The maximum absolute atomic E-state index is 13.1. The third-order valence-electron chi connectivity index (χ3n) is 6.30. The number of halogens is 3. The zero-order chi connectivity index (χ0) is 28.0. The summed E-state index contributed by atoms with van der Waals surface area (Å²) in [6.45, 7) is 6.14. The molecular formula is C26H30F3N7O3. The first-order chi connectivity index (χ1) is 18.6. The minimum absolute atomic E-state index is 0.169. The Balaban J connectivity index is 1.28. The fraction of sp³-hybridized carbons (Fsp3) is 0.423. The quantitative estimate of drug-likeness (QED) is 0.441. The van der Waals surface area contributed by atoms with Gasteiger partial charge in [0.05, 0.1) is 12.2 Å². The molecule has 0 unspecified atom stereocenters. The summed E-state index contributed by atoms with van der Waals surface area (Å²) in [5.41, 5.74) is 3.04. The van der Waals surface area contributed by atoms with Crippen molar-refractivity contribution in [2.45, 2.75) is 33.1 Å². The number of nitrogens with one attached hydrogen (secondary N) is 1. The summed E-state index contributed by atoms with van der Waals surface area (Å²) in [4.78, 5) is 33.1. The maximum Gasteiger partial charge on any atom is 0.422 e. The summed E-state index contributed by atoms with van der Waals surface area (Å²) < 4.78 is 43.3. The molecule has 0 bridgehead atoms. The molecule has 0 atom stereocenters. The number of carbonyl (C=O) groups is 2. The number of piperazine rings is 1. The molecular weight excluding hydrogens is 515 g/mol. The number of carbonyl (C=O) groups excluding carboxylic acids is 2.